The maximum absolute atomic E-state index is 15.4. The quantitative estimate of drug-likeness (QED) is 0.406. The number of halogens is 1. The maximum atomic E-state index is 15.4. The molecule has 1 aromatic heterocycles. The van der Waals surface area contributed by atoms with E-state index in [1.165, 1.54) is 24.5 Å². The van der Waals surface area contributed by atoms with Crippen molar-refractivity contribution in [3.8, 4) is 11.3 Å². The molecule has 202 valence electrons. The van der Waals surface area contributed by atoms with Gasteiger partial charge in [0.05, 0.1) is 21.8 Å². The van der Waals surface area contributed by atoms with E-state index in [0.29, 0.717) is 27.9 Å². The number of piperazine rings is 1. The van der Waals surface area contributed by atoms with Crippen molar-refractivity contribution >= 4 is 45.5 Å². The lowest BCUT2D eigenvalue weighted by Crippen LogP contribution is -2.49. The van der Waals surface area contributed by atoms with E-state index in [0.717, 1.165) is 73.7 Å². The first kappa shape index (κ1) is 26.0. The van der Waals surface area contributed by atoms with Gasteiger partial charge in [-0.15, -0.1) is 0 Å². The molecular formula is C30H33FN6OS. The lowest BCUT2D eigenvalue weighted by molar-refractivity contribution is -0.113. The Morgan fingerprint density at radius 3 is 2.46 bits per heavy atom. The molecule has 4 heterocycles. The van der Waals surface area contributed by atoms with E-state index in [9.17, 15) is 4.79 Å². The smallest absolute Gasteiger partial charge is 0.286 e. The summed E-state index contributed by atoms with van der Waals surface area (Å²) in [7, 11) is 0. The number of anilines is 1. The summed E-state index contributed by atoms with van der Waals surface area (Å²) in [5.74, 6) is -0.442. The van der Waals surface area contributed by atoms with Gasteiger partial charge in [-0.2, -0.15) is 4.99 Å². The number of amides is 1. The number of piperidine rings is 1. The van der Waals surface area contributed by atoms with Gasteiger partial charge >= 0.3 is 0 Å². The number of nitrogens with zero attached hydrogens (tertiary/aromatic N) is 6. The first-order chi connectivity index (χ1) is 19.0. The normalized spacial score (nSPS) is 19.9. The number of likely N-dealkylation sites (tertiary alicyclic amines) is 1. The van der Waals surface area contributed by atoms with Crippen LogP contribution in [0.2, 0.25) is 0 Å². The number of hydrogen-bond donors (Lipinski definition) is 0. The van der Waals surface area contributed by atoms with Crippen molar-refractivity contribution in [1.82, 2.24) is 19.8 Å². The summed E-state index contributed by atoms with van der Waals surface area (Å²) in [5.41, 5.74) is 3.64. The largest absolute Gasteiger partial charge is 0.367 e. The number of aliphatic imine (C=N–C) groups is 1. The van der Waals surface area contributed by atoms with Gasteiger partial charge in [0.1, 0.15) is 12.1 Å². The zero-order valence-electron chi connectivity index (χ0n) is 22.4. The fourth-order valence-electron chi connectivity index (χ4n) is 5.55. The summed E-state index contributed by atoms with van der Waals surface area (Å²) in [4.78, 5) is 33.3. The minimum Gasteiger partial charge on any atom is -0.367 e. The number of aromatic nitrogens is 2. The number of amidine groups is 1. The molecule has 0 atom stereocenters. The molecule has 2 aromatic carbocycles. The van der Waals surface area contributed by atoms with Gasteiger partial charge in [0.15, 0.2) is 5.17 Å². The van der Waals surface area contributed by atoms with Crippen LogP contribution in [0.1, 0.15) is 38.7 Å². The molecule has 0 aliphatic carbocycles. The summed E-state index contributed by atoms with van der Waals surface area (Å²) in [6.45, 7) is 9.77. The van der Waals surface area contributed by atoms with Crippen LogP contribution in [0.15, 0.2) is 52.6 Å². The Morgan fingerprint density at radius 1 is 0.923 bits per heavy atom. The highest BCUT2D eigenvalue weighted by Gasteiger charge is 2.27. The Bertz CT molecular complexity index is 1460. The number of carbonyl (C=O) groups is 1. The minimum atomic E-state index is -0.245. The van der Waals surface area contributed by atoms with Crippen LogP contribution >= 0.6 is 11.8 Å². The van der Waals surface area contributed by atoms with E-state index in [-0.39, 0.29) is 11.7 Å². The van der Waals surface area contributed by atoms with E-state index in [1.54, 1.807) is 6.07 Å². The number of carbonyl (C=O) groups excluding carboxylic acids is 1. The molecule has 0 saturated carbocycles. The second-order valence-corrected chi connectivity index (χ2v) is 11.6. The standard InChI is InChI=1S/C30H33FN6OS/c1-20(2)35-12-14-36(15-13-35)26-9-7-22(18-24(26)31)28-23-16-21(6-8-25(23)32-19-33-28)17-27-29(38)34-30(39-27)37-10-4-3-5-11-37/h6-9,16-20H,3-5,10-15H2,1-2H3. The SMILES string of the molecule is CC(C)N1CCN(c2ccc(-c3ncnc4ccc(C=C5SC(N6CCCCC6)=NC5=O)cc34)cc2F)CC1. The molecule has 0 bridgehead atoms. The molecule has 0 N–H and O–H groups in total. The number of thioether (sulfide) groups is 1. The predicted octanol–water partition coefficient (Wildman–Crippen LogP) is 5.42. The molecule has 3 aliphatic rings. The van der Waals surface area contributed by atoms with Gasteiger partial charge in [-0.25, -0.2) is 14.4 Å². The van der Waals surface area contributed by atoms with Crippen LogP contribution in [0, 0.1) is 5.82 Å². The third-order valence-electron chi connectivity index (χ3n) is 7.80. The summed E-state index contributed by atoms with van der Waals surface area (Å²) in [5, 5.41) is 1.62. The van der Waals surface area contributed by atoms with Crippen LogP contribution in [0.4, 0.5) is 10.1 Å². The summed E-state index contributed by atoms with van der Waals surface area (Å²) in [6.07, 6.45) is 6.90. The van der Waals surface area contributed by atoms with Crippen LogP contribution in [0.3, 0.4) is 0 Å². The molecule has 7 nitrogen and oxygen atoms in total. The highest BCUT2D eigenvalue weighted by molar-refractivity contribution is 8.18. The Hall–Kier alpha value is -3.30. The Balaban J connectivity index is 1.25. The van der Waals surface area contributed by atoms with Crippen molar-refractivity contribution in [3.63, 3.8) is 0 Å². The van der Waals surface area contributed by atoms with Crippen molar-refractivity contribution in [3.05, 3.63) is 59.0 Å². The molecule has 3 aliphatic heterocycles. The molecule has 0 unspecified atom stereocenters. The monoisotopic (exact) mass is 544 g/mol. The molecule has 6 rings (SSSR count). The van der Waals surface area contributed by atoms with Crippen LogP contribution in [-0.4, -0.2) is 76.2 Å². The zero-order chi connectivity index (χ0) is 26.9. The highest BCUT2D eigenvalue weighted by Crippen LogP contribution is 2.34. The van der Waals surface area contributed by atoms with Gasteiger partial charge < -0.3 is 9.80 Å². The number of rotatable bonds is 4. The van der Waals surface area contributed by atoms with Gasteiger partial charge in [0.25, 0.3) is 5.91 Å². The second-order valence-electron chi connectivity index (χ2n) is 10.6. The van der Waals surface area contributed by atoms with Crippen molar-refractivity contribution in [1.29, 1.82) is 0 Å². The third kappa shape index (κ3) is 5.43. The lowest BCUT2D eigenvalue weighted by atomic mass is 10.0. The molecule has 2 saturated heterocycles. The number of hydrogen-bond acceptors (Lipinski definition) is 7. The molecule has 1 amide bonds. The topological polar surface area (TPSA) is 64.9 Å². The summed E-state index contributed by atoms with van der Waals surface area (Å²) in [6, 6.07) is 11.7. The first-order valence-corrected chi connectivity index (χ1v) is 14.6. The fraction of sp³-hybridized carbons (Fsp3) is 0.400. The van der Waals surface area contributed by atoms with Crippen LogP contribution in [0.25, 0.3) is 28.2 Å². The van der Waals surface area contributed by atoms with Crippen LogP contribution in [0.5, 0.6) is 0 Å². The number of benzene rings is 2. The highest BCUT2D eigenvalue weighted by atomic mass is 32.2. The molecule has 9 heteroatoms. The Morgan fingerprint density at radius 2 is 1.72 bits per heavy atom. The summed E-state index contributed by atoms with van der Waals surface area (Å²) >= 11 is 1.44. The van der Waals surface area contributed by atoms with Crippen LogP contribution < -0.4 is 4.90 Å². The molecule has 0 radical (unpaired) electrons. The van der Waals surface area contributed by atoms with E-state index in [2.05, 4.69) is 43.5 Å². The van der Waals surface area contributed by atoms with Gasteiger partial charge in [-0.1, -0.05) is 12.1 Å². The van der Waals surface area contributed by atoms with E-state index < -0.39 is 0 Å². The number of fused-ring (bicyclic) bond motifs is 1. The van der Waals surface area contributed by atoms with Gasteiger partial charge in [0.2, 0.25) is 0 Å². The third-order valence-corrected chi connectivity index (χ3v) is 8.84. The Labute approximate surface area is 232 Å². The van der Waals surface area contributed by atoms with Crippen LogP contribution in [-0.2, 0) is 4.79 Å². The molecule has 2 fully saturated rings. The second kappa shape index (κ2) is 11.1. The lowest BCUT2D eigenvalue weighted by Gasteiger charge is -2.38. The minimum absolute atomic E-state index is 0.197. The average Bonchev–Trinajstić information content (AvgIpc) is 3.33. The summed E-state index contributed by atoms with van der Waals surface area (Å²) < 4.78 is 15.4. The fourth-order valence-corrected chi connectivity index (χ4v) is 6.52. The molecule has 0 spiro atoms. The van der Waals surface area contributed by atoms with Crippen molar-refractivity contribution < 1.29 is 9.18 Å². The van der Waals surface area contributed by atoms with Gasteiger partial charge in [-0.3, -0.25) is 9.69 Å². The van der Waals surface area contributed by atoms with Crippen molar-refractivity contribution in [2.24, 2.45) is 4.99 Å². The van der Waals surface area contributed by atoms with Gasteiger partial charge in [0, 0.05) is 56.3 Å². The van der Waals surface area contributed by atoms with E-state index in [1.807, 2.05) is 36.4 Å². The first-order valence-electron chi connectivity index (χ1n) is 13.8. The molecule has 3 aromatic rings. The molecular weight excluding hydrogens is 511 g/mol. The Kier molecular flexibility index (Phi) is 7.36. The average molecular weight is 545 g/mol. The van der Waals surface area contributed by atoms with E-state index in [4.69, 9.17) is 0 Å². The van der Waals surface area contributed by atoms with Crippen molar-refractivity contribution in [2.75, 3.05) is 44.2 Å². The maximum Gasteiger partial charge on any atom is 0.286 e. The zero-order valence-corrected chi connectivity index (χ0v) is 23.3. The van der Waals surface area contributed by atoms with Crippen molar-refractivity contribution in [2.45, 2.75) is 39.2 Å². The van der Waals surface area contributed by atoms with E-state index >= 15 is 4.39 Å². The van der Waals surface area contributed by atoms with Gasteiger partial charge in [-0.05, 0) is 80.8 Å². The molecule has 39 heavy (non-hydrogen) atoms. The predicted molar refractivity (Wildman–Crippen MR) is 157 cm³/mol.